The highest BCUT2D eigenvalue weighted by Gasteiger charge is 2.13. The third kappa shape index (κ3) is 4.21. The molecule has 0 saturated heterocycles. The lowest BCUT2D eigenvalue weighted by Crippen LogP contribution is -2.20. The van der Waals surface area contributed by atoms with E-state index in [-0.39, 0.29) is 0 Å². The number of hydrogen-bond acceptors (Lipinski definition) is 6. The van der Waals surface area contributed by atoms with Crippen LogP contribution < -0.4 is 14.9 Å². The Hall–Kier alpha value is -3.02. The van der Waals surface area contributed by atoms with Crippen LogP contribution in [0.5, 0.6) is 0 Å². The minimum atomic E-state index is -2.15. The van der Waals surface area contributed by atoms with Crippen LogP contribution in [0, 0.1) is 0 Å². The number of nitrogens with zero attached hydrogens (tertiary/aromatic N) is 4. The number of nitrogens with one attached hydrogen (secondary N) is 3. The van der Waals surface area contributed by atoms with Crippen molar-refractivity contribution in [2.75, 3.05) is 22.0 Å². The van der Waals surface area contributed by atoms with Crippen LogP contribution in [0.25, 0.3) is 10.9 Å². The second-order valence-electron chi connectivity index (χ2n) is 6.06. The Morgan fingerprint density at radius 3 is 2.83 bits per heavy atom. The van der Waals surface area contributed by atoms with Gasteiger partial charge in [0.1, 0.15) is 5.82 Å². The molecule has 29 heavy (non-hydrogen) atoms. The Balaban J connectivity index is 1.62. The minimum absolute atomic E-state index is 0.395. The first-order chi connectivity index (χ1) is 14.0. The second-order valence-corrected chi connectivity index (χ2v) is 7.92. The van der Waals surface area contributed by atoms with Gasteiger partial charge in [-0.3, -0.25) is 14.0 Å². The van der Waals surface area contributed by atoms with E-state index in [2.05, 4.69) is 46.7 Å². The average molecular weight is 474 g/mol. The molecule has 2 heterocycles. The lowest BCUT2D eigenvalue weighted by atomic mass is 10.2. The summed E-state index contributed by atoms with van der Waals surface area (Å²) in [6, 6.07) is 12.9. The third-order valence-electron chi connectivity index (χ3n) is 4.17. The van der Waals surface area contributed by atoms with Gasteiger partial charge in [0.05, 0.1) is 27.6 Å². The maximum Gasteiger partial charge on any atom is 0.261 e. The van der Waals surface area contributed by atoms with E-state index in [1.165, 1.54) is 11.4 Å². The molecule has 0 amide bonds. The molecular weight excluding hydrogens is 458 g/mol. The lowest BCUT2D eigenvalue weighted by Gasteiger charge is -2.19. The van der Waals surface area contributed by atoms with Gasteiger partial charge in [-0.25, -0.2) is 9.19 Å². The number of aromatic nitrogens is 4. The van der Waals surface area contributed by atoms with Crippen LogP contribution in [-0.2, 0) is 11.3 Å². The molecule has 4 N–H and O–H groups in total. The summed E-state index contributed by atoms with van der Waals surface area (Å²) in [4.78, 5) is 8.81. The molecular formula is C18H16BrN7O2S. The fourth-order valence-corrected chi connectivity index (χ4v) is 3.34. The molecule has 1 atom stereocenters. The zero-order valence-electron chi connectivity index (χ0n) is 15.1. The van der Waals surface area contributed by atoms with E-state index in [9.17, 15) is 8.76 Å². The van der Waals surface area contributed by atoms with Gasteiger partial charge in [0.25, 0.3) is 11.3 Å². The molecule has 1 unspecified atom stereocenters. The second kappa shape index (κ2) is 8.15. The maximum absolute atomic E-state index is 11.5. The van der Waals surface area contributed by atoms with Crippen molar-refractivity contribution in [2.24, 2.45) is 0 Å². The predicted molar refractivity (Wildman–Crippen MR) is 118 cm³/mol. The average Bonchev–Trinajstić information content (AvgIpc) is 3.18. The molecule has 9 nitrogen and oxygen atoms in total. The zero-order chi connectivity index (χ0) is 20.4. The zero-order valence-corrected chi connectivity index (χ0v) is 17.5. The van der Waals surface area contributed by atoms with Crippen molar-refractivity contribution < 1.29 is 8.76 Å². The van der Waals surface area contributed by atoms with E-state index in [1.807, 2.05) is 24.3 Å². The minimum Gasteiger partial charge on any atom is -0.337 e. The Morgan fingerprint density at radius 1 is 1.17 bits per heavy atom. The van der Waals surface area contributed by atoms with Crippen LogP contribution in [0.1, 0.15) is 0 Å². The van der Waals surface area contributed by atoms with E-state index in [1.54, 1.807) is 30.6 Å². The van der Waals surface area contributed by atoms with Crippen molar-refractivity contribution in [1.82, 2.24) is 20.2 Å². The molecule has 2 aromatic carbocycles. The first-order valence-corrected chi connectivity index (χ1v) is 10.3. The molecule has 11 heteroatoms. The predicted octanol–water partition coefficient (Wildman–Crippen LogP) is 4.18. The largest absolute Gasteiger partial charge is 0.337 e. The van der Waals surface area contributed by atoms with Crippen molar-refractivity contribution in [2.45, 2.75) is 0 Å². The fraction of sp³-hybridized carbons (Fsp3) is 0.0556. The number of hydrogen-bond donors (Lipinski definition) is 4. The first kappa shape index (κ1) is 19.3. The van der Waals surface area contributed by atoms with Gasteiger partial charge >= 0.3 is 0 Å². The van der Waals surface area contributed by atoms with Gasteiger partial charge in [-0.15, -0.1) is 0 Å². The summed E-state index contributed by atoms with van der Waals surface area (Å²) in [6.45, 7) is 0. The number of benzene rings is 2. The Kier molecular flexibility index (Phi) is 5.43. The highest BCUT2D eigenvalue weighted by atomic mass is 79.9. The summed E-state index contributed by atoms with van der Waals surface area (Å²) < 4.78 is 22.8. The number of halogens is 1. The number of fused-ring (bicyclic) bond motifs is 1. The molecule has 0 aliphatic heterocycles. The van der Waals surface area contributed by atoms with E-state index < -0.39 is 11.3 Å². The molecule has 0 saturated carbocycles. The highest BCUT2D eigenvalue weighted by molar-refractivity contribution is 9.10. The smallest absolute Gasteiger partial charge is 0.261 e. The summed E-state index contributed by atoms with van der Waals surface area (Å²) in [6.07, 6.45) is 3.38. The van der Waals surface area contributed by atoms with Gasteiger partial charge in [-0.05, 0) is 46.3 Å². The van der Waals surface area contributed by atoms with Gasteiger partial charge in [0, 0.05) is 24.3 Å². The van der Waals surface area contributed by atoms with E-state index >= 15 is 0 Å². The fourth-order valence-electron chi connectivity index (χ4n) is 2.72. The quantitative estimate of drug-likeness (QED) is 0.310. The number of H-pyrrole nitrogens is 1. The molecule has 0 spiro atoms. The monoisotopic (exact) mass is 473 g/mol. The van der Waals surface area contributed by atoms with Gasteiger partial charge < -0.3 is 10.6 Å². The summed E-state index contributed by atoms with van der Waals surface area (Å²) in [5.74, 6) is 0.904. The first-order valence-electron chi connectivity index (χ1n) is 8.45. The third-order valence-corrected chi connectivity index (χ3v) is 5.42. The highest BCUT2D eigenvalue weighted by Crippen LogP contribution is 2.31. The lowest BCUT2D eigenvalue weighted by molar-refractivity contribution is 0.562. The van der Waals surface area contributed by atoms with Crippen LogP contribution in [0.3, 0.4) is 0 Å². The van der Waals surface area contributed by atoms with Gasteiger partial charge in [0.15, 0.2) is 0 Å². The molecule has 0 radical (unpaired) electrons. The number of anilines is 5. The van der Waals surface area contributed by atoms with Crippen LogP contribution in [0.2, 0.25) is 0 Å². The van der Waals surface area contributed by atoms with E-state index in [0.29, 0.717) is 27.6 Å². The molecule has 4 aromatic rings. The van der Waals surface area contributed by atoms with Crippen molar-refractivity contribution in [3.05, 3.63) is 59.3 Å². The Labute approximate surface area is 177 Å². The topological polar surface area (TPSA) is 119 Å². The SMILES string of the molecule is CN(c1ccccc1Nc1nc(Nc2ccc3cn[nH]c3c2)ncc1Br)S(=O)O. The van der Waals surface area contributed by atoms with Crippen LogP contribution in [0.4, 0.5) is 28.8 Å². The normalized spacial score (nSPS) is 12.0. The van der Waals surface area contributed by atoms with Crippen molar-refractivity contribution in [3.8, 4) is 0 Å². The molecule has 2 aromatic heterocycles. The van der Waals surface area contributed by atoms with Crippen LogP contribution in [0.15, 0.2) is 59.3 Å². The van der Waals surface area contributed by atoms with E-state index in [0.717, 1.165) is 16.6 Å². The number of rotatable bonds is 6. The summed E-state index contributed by atoms with van der Waals surface area (Å²) in [5.41, 5.74) is 2.89. The Bertz CT molecular complexity index is 1200. The molecule has 4 rings (SSSR count). The molecule has 0 aliphatic carbocycles. The van der Waals surface area contributed by atoms with Crippen molar-refractivity contribution in [3.63, 3.8) is 0 Å². The maximum atomic E-state index is 11.5. The van der Waals surface area contributed by atoms with Gasteiger partial charge in [0.2, 0.25) is 5.95 Å². The standard InChI is InChI=1S/C18H16BrN7O2S/c1-26(29(27)28)16-5-3-2-4-14(16)23-17-13(19)10-20-18(24-17)22-12-7-6-11-9-21-25-15(11)8-12/h2-10H,1H3,(H,21,25)(H,27,28)(H2,20,22,23,24). The number of aromatic amines is 1. The number of para-hydroxylation sites is 2. The molecule has 0 aliphatic rings. The molecule has 148 valence electrons. The van der Waals surface area contributed by atoms with Crippen molar-refractivity contribution in [1.29, 1.82) is 0 Å². The van der Waals surface area contributed by atoms with E-state index in [4.69, 9.17) is 0 Å². The molecule has 0 fully saturated rings. The van der Waals surface area contributed by atoms with Gasteiger partial charge in [-0.1, -0.05) is 12.1 Å². The molecule has 0 bridgehead atoms. The summed E-state index contributed by atoms with van der Waals surface area (Å²) >= 11 is 1.29. The van der Waals surface area contributed by atoms with Gasteiger partial charge in [-0.2, -0.15) is 10.1 Å². The summed E-state index contributed by atoms with van der Waals surface area (Å²) in [5, 5.41) is 14.3. The van der Waals surface area contributed by atoms with Crippen molar-refractivity contribution >= 4 is 66.9 Å². The summed E-state index contributed by atoms with van der Waals surface area (Å²) in [7, 11) is 1.53. The van der Waals surface area contributed by atoms with Crippen LogP contribution in [-0.4, -0.2) is 36.0 Å². The Morgan fingerprint density at radius 2 is 2.00 bits per heavy atom. The van der Waals surface area contributed by atoms with Crippen LogP contribution >= 0.6 is 15.9 Å².